The molecule has 0 spiro atoms. The van der Waals surface area contributed by atoms with Crippen molar-refractivity contribution in [3.8, 4) is 0 Å². The Labute approximate surface area is 165 Å². The smallest absolute Gasteiger partial charge is 0.238 e. The van der Waals surface area contributed by atoms with Gasteiger partial charge in [0.05, 0.1) is 0 Å². The minimum Gasteiger partial charge on any atom is -0.351 e. The molecule has 2 N–H and O–H groups in total. The lowest BCUT2D eigenvalue weighted by molar-refractivity contribution is -0.120. The third-order valence-corrected chi connectivity index (χ3v) is 4.28. The number of nitrogens with zero attached hydrogens (tertiary/aromatic N) is 1. The van der Waals surface area contributed by atoms with Gasteiger partial charge >= 0.3 is 0 Å². The molecule has 1 atom stereocenters. The first kappa shape index (κ1) is 20.9. The predicted octanol–water partition coefficient (Wildman–Crippen LogP) is 3.39. The Morgan fingerprint density at radius 1 is 1.04 bits per heavy atom. The SMILES string of the molecule is CC(Cl)C(=O)NCc1ccc(NC(=O)CCN(C)Cc2ccccc2)cc1. The molecule has 0 aromatic heterocycles. The van der Waals surface area contributed by atoms with Gasteiger partial charge in [-0.3, -0.25) is 9.59 Å². The maximum Gasteiger partial charge on any atom is 0.238 e. The Kier molecular flexibility index (Phi) is 8.30. The standard InChI is InChI=1S/C21H26ClN3O2/c1-16(22)21(27)23-14-17-8-10-19(11-9-17)24-20(26)12-13-25(2)15-18-6-4-3-5-7-18/h3-11,16H,12-15H2,1-2H3,(H,23,27)(H,24,26). The molecule has 2 aromatic carbocycles. The molecule has 0 heterocycles. The zero-order valence-corrected chi connectivity index (χ0v) is 16.5. The van der Waals surface area contributed by atoms with E-state index in [1.807, 2.05) is 49.5 Å². The van der Waals surface area contributed by atoms with Crippen LogP contribution >= 0.6 is 11.6 Å². The molecule has 2 aromatic rings. The average Bonchev–Trinajstić information content (AvgIpc) is 2.66. The number of halogens is 1. The van der Waals surface area contributed by atoms with Crippen molar-refractivity contribution in [2.24, 2.45) is 0 Å². The summed E-state index contributed by atoms with van der Waals surface area (Å²) in [4.78, 5) is 25.7. The van der Waals surface area contributed by atoms with Gasteiger partial charge in [-0.1, -0.05) is 42.5 Å². The van der Waals surface area contributed by atoms with Crippen LogP contribution in [0.15, 0.2) is 54.6 Å². The Bertz CT molecular complexity index is 733. The first-order valence-electron chi connectivity index (χ1n) is 8.97. The molecule has 27 heavy (non-hydrogen) atoms. The minimum absolute atomic E-state index is 0.0214. The zero-order valence-electron chi connectivity index (χ0n) is 15.7. The van der Waals surface area contributed by atoms with Crippen LogP contribution in [0.1, 0.15) is 24.5 Å². The highest BCUT2D eigenvalue weighted by Gasteiger charge is 2.09. The molecule has 144 valence electrons. The van der Waals surface area contributed by atoms with Crippen molar-refractivity contribution in [1.29, 1.82) is 0 Å². The lowest BCUT2D eigenvalue weighted by atomic mass is 10.2. The van der Waals surface area contributed by atoms with Gasteiger partial charge in [0.25, 0.3) is 0 Å². The molecule has 1 unspecified atom stereocenters. The van der Waals surface area contributed by atoms with Crippen LogP contribution in [0.25, 0.3) is 0 Å². The fourth-order valence-corrected chi connectivity index (χ4v) is 2.60. The van der Waals surface area contributed by atoms with Gasteiger partial charge in [-0.25, -0.2) is 0 Å². The van der Waals surface area contributed by atoms with Crippen molar-refractivity contribution in [1.82, 2.24) is 10.2 Å². The van der Waals surface area contributed by atoms with Crippen molar-refractivity contribution in [3.05, 3.63) is 65.7 Å². The Morgan fingerprint density at radius 2 is 1.70 bits per heavy atom. The first-order chi connectivity index (χ1) is 12.9. The summed E-state index contributed by atoms with van der Waals surface area (Å²) in [7, 11) is 2.01. The predicted molar refractivity (Wildman–Crippen MR) is 110 cm³/mol. The van der Waals surface area contributed by atoms with Gasteiger partial charge in [0, 0.05) is 31.7 Å². The quantitative estimate of drug-likeness (QED) is 0.648. The van der Waals surface area contributed by atoms with Crippen LogP contribution in [0.4, 0.5) is 5.69 Å². The number of amides is 2. The molecule has 0 aliphatic rings. The van der Waals surface area contributed by atoms with Crippen molar-refractivity contribution in [3.63, 3.8) is 0 Å². The van der Waals surface area contributed by atoms with E-state index in [1.54, 1.807) is 6.92 Å². The fraction of sp³-hybridized carbons (Fsp3) is 0.333. The van der Waals surface area contributed by atoms with Crippen LogP contribution in [-0.2, 0) is 22.7 Å². The minimum atomic E-state index is -0.552. The molecular formula is C21H26ClN3O2. The molecular weight excluding hydrogens is 362 g/mol. The highest BCUT2D eigenvalue weighted by atomic mass is 35.5. The van der Waals surface area contributed by atoms with Gasteiger partial charge < -0.3 is 15.5 Å². The van der Waals surface area contributed by atoms with E-state index >= 15 is 0 Å². The second-order valence-corrected chi connectivity index (χ2v) is 7.21. The molecule has 5 nitrogen and oxygen atoms in total. The van der Waals surface area contributed by atoms with E-state index in [2.05, 4.69) is 27.7 Å². The first-order valence-corrected chi connectivity index (χ1v) is 9.40. The second kappa shape index (κ2) is 10.7. The van der Waals surface area contributed by atoms with E-state index in [9.17, 15) is 9.59 Å². The normalized spacial score (nSPS) is 11.9. The molecule has 0 bridgehead atoms. The van der Waals surface area contributed by atoms with Gasteiger partial charge in [0.1, 0.15) is 5.38 Å². The summed E-state index contributed by atoms with van der Waals surface area (Å²) in [6.45, 7) is 3.54. The topological polar surface area (TPSA) is 61.4 Å². The fourth-order valence-electron chi connectivity index (χ4n) is 2.53. The summed E-state index contributed by atoms with van der Waals surface area (Å²) in [5, 5.41) is 5.09. The molecule has 0 saturated heterocycles. The lowest BCUT2D eigenvalue weighted by Crippen LogP contribution is -2.29. The number of carbonyl (C=O) groups is 2. The zero-order chi connectivity index (χ0) is 19.6. The van der Waals surface area contributed by atoms with Gasteiger partial charge in [-0.05, 0) is 37.2 Å². The number of carbonyl (C=O) groups excluding carboxylic acids is 2. The molecule has 0 fully saturated rings. The summed E-state index contributed by atoms with van der Waals surface area (Å²) in [6, 6.07) is 17.6. The Morgan fingerprint density at radius 3 is 2.33 bits per heavy atom. The number of benzene rings is 2. The van der Waals surface area contributed by atoms with Gasteiger partial charge in [-0.2, -0.15) is 0 Å². The summed E-state index contributed by atoms with van der Waals surface area (Å²) in [5.41, 5.74) is 2.92. The average molecular weight is 388 g/mol. The molecule has 0 aliphatic heterocycles. The number of anilines is 1. The number of alkyl halides is 1. The van der Waals surface area contributed by atoms with Crippen LogP contribution in [0.3, 0.4) is 0 Å². The molecule has 0 saturated carbocycles. The molecule has 6 heteroatoms. The molecule has 0 radical (unpaired) electrons. The highest BCUT2D eigenvalue weighted by molar-refractivity contribution is 6.30. The van der Waals surface area contributed by atoms with Crippen molar-refractivity contribution >= 4 is 29.1 Å². The van der Waals surface area contributed by atoms with Gasteiger partial charge in [0.15, 0.2) is 0 Å². The van der Waals surface area contributed by atoms with Crippen LogP contribution < -0.4 is 10.6 Å². The molecule has 2 amide bonds. The summed E-state index contributed by atoms with van der Waals surface area (Å²) >= 11 is 5.71. The van der Waals surface area contributed by atoms with Crippen molar-refractivity contribution < 1.29 is 9.59 Å². The van der Waals surface area contributed by atoms with Crippen molar-refractivity contribution in [2.75, 3.05) is 18.9 Å². The monoisotopic (exact) mass is 387 g/mol. The van der Waals surface area contributed by atoms with Crippen LogP contribution in [0.2, 0.25) is 0 Å². The third kappa shape index (κ3) is 7.81. The van der Waals surface area contributed by atoms with Gasteiger partial charge in [0.2, 0.25) is 11.8 Å². The van der Waals surface area contributed by atoms with E-state index in [-0.39, 0.29) is 11.8 Å². The van der Waals surface area contributed by atoms with Crippen LogP contribution in [0, 0.1) is 0 Å². The summed E-state index contributed by atoms with van der Waals surface area (Å²) in [5.74, 6) is -0.222. The molecule has 0 aliphatic carbocycles. The molecule has 2 rings (SSSR count). The van der Waals surface area contributed by atoms with E-state index < -0.39 is 5.38 Å². The number of rotatable bonds is 9. The van der Waals surface area contributed by atoms with Crippen LogP contribution in [-0.4, -0.2) is 35.7 Å². The number of hydrogen-bond donors (Lipinski definition) is 2. The number of nitrogens with one attached hydrogen (secondary N) is 2. The third-order valence-electron chi connectivity index (χ3n) is 4.08. The van der Waals surface area contributed by atoms with E-state index in [0.717, 1.165) is 17.8 Å². The lowest BCUT2D eigenvalue weighted by Gasteiger charge is -2.16. The van der Waals surface area contributed by atoms with E-state index in [1.165, 1.54) is 5.56 Å². The van der Waals surface area contributed by atoms with Crippen molar-refractivity contribution in [2.45, 2.75) is 31.8 Å². The maximum atomic E-state index is 12.1. The van der Waals surface area contributed by atoms with E-state index in [0.29, 0.717) is 19.5 Å². The highest BCUT2D eigenvalue weighted by Crippen LogP contribution is 2.10. The van der Waals surface area contributed by atoms with Crippen LogP contribution in [0.5, 0.6) is 0 Å². The summed E-state index contributed by atoms with van der Waals surface area (Å²) < 4.78 is 0. The Balaban J connectivity index is 1.72. The Hall–Kier alpha value is -2.37. The maximum absolute atomic E-state index is 12.1. The summed E-state index contributed by atoms with van der Waals surface area (Å²) in [6.07, 6.45) is 0.425. The second-order valence-electron chi connectivity index (χ2n) is 6.55. The van der Waals surface area contributed by atoms with Gasteiger partial charge in [-0.15, -0.1) is 11.6 Å². The largest absolute Gasteiger partial charge is 0.351 e. The van der Waals surface area contributed by atoms with E-state index in [4.69, 9.17) is 11.6 Å². The number of hydrogen-bond acceptors (Lipinski definition) is 3.